The summed E-state index contributed by atoms with van der Waals surface area (Å²) < 4.78 is 11.2. The molecular formula is C16H14ClNO3S. The third-order valence-corrected chi connectivity index (χ3v) is 3.86. The lowest BCUT2D eigenvalue weighted by Crippen LogP contribution is -2.22. The summed E-state index contributed by atoms with van der Waals surface area (Å²) in [4.78, 5) is 12.3. The number of hydrogen-bond acceptors (Lipinski definition) is 4. The average molecular weight is 336 g/mol. The third-order valence-electron chi connectivity index (χ3n) is 2.63. The second kappa shape index (κ2) is 8.32. The second-order valence-electron chi connectivity index (χ2n) is 4.08. The van der Waals surface area contributed by atoms with Gasteiger partial charge in [-0.05, 0) is 24.3 Å². The molecule has 1 heterocycles. The number of thiophene rings is 1. The normalized spacial score (nSPS) is 9.55. The molecule has 1 aromatic heterocycles. The van der Waals surface area contributed by atoms with Crippen LogP contribution < -0.4 is 14.8 Å². The number of nitrogens with one attached hydrogen (secondary N) is 1. The van der Waals surface area contributed by atoms with Crippen molar-refractivity contribution >= 4 is 28.8 Å². The number of hydrogen-bond donors (Lipinski definition) is 1. The predicted molar refractivity (Wildman–Crippen MR) is 87.9 cm³/mol. The molecule has 0 saturated heterocycles. The fourth-order valence-electron chi connectivity index (χ4n) is 1.61. The molecule has 22 heavy (non-hydrogen) atoms. The van der Waals surface area contributed by atoms with Gasteiger partial charge in [0.1, 0.15) is 6.61 Å². The Morgan fingerprint density at radius 3 is 2.68 bits per heavy atom. The van der Waals surface area contributed by atoms with Gasteiger partial charge in [0, 0.05) is 0 Å². The van der Waals surface area contributed by atoms with Crippen LogP contribution in [0.1, 0.15) is 9.67 Å². The molecule has 0 atom stereocenters. The molecule has 0 spiro atoms. The Balaban J connectivity index is 1.74. The predicted octanol–water partition coefficient (Wildman–Crippen LogP) is 3.22. The van der Waals surface area contributed by atoms with Gasteiger partial charge in [-0.15, -0.1) is 11.3 Å². The first kappa shape index (κ1) is 16.2. The highest BCUT2D eigenvalue weighted by atomic mass is 35.5. The first-order valence-corrected chi connectivity index (χ1v) is 7.65. The van der Waals surface area contributed by atoms with E-state index in [9.17, 15) is 4.79 Å². The van der Waals surface area contributed by atoms with Crippen molar-refractivity contribution in [1.29, 1.82) is 0 Å². The van der Waals surface area contributed by atoms with Crippen LogP contribution in [0, 0.1) is 11.8 Å². The minimum Gasteiger partial charge on any atom is -0.493 e. The van der Waals surface area contributed by atoms with E-state index in [0.717, 1.165) is 0 Å². The molecule has 2 aromatic rings. The topological polar surface area (TPSA) is 47.6 Å². The molecule has 0 aliphatic carbocycles. The van der Waals surface area contributed by atoms with Gasteiger partial charge in [0.05, 0.1) is 22.9 Å². The number of para-hydroxylation sites is 2. The van der Waals surface area contributed by atoms with Crippen LogP contribution in [-0.4, -0.2) is 26.2 Å². The zero-order valence-electron chi connectivity index (χ0n) is 11.9. The molecule has 0 bridgehead atoms. The molecule has 2 rings (SSSR count). The highest BCUT2D eigenvalue weighted by Crippen LogP contribution is 2.25. The Morgan fingerprint density at radius 2 is 2.00 bits per heavy atom. The summed E-state index contributed by atoms with van der Waals surface area (Å²) >= 11 is 7.01. The van der Waals surface area contributed by atoms with Crippen LogP contribution >= 0.6 is 22.9 Å². The molecule has 4 nitrogen and oxygen atoms in total. The first-order valence-electron chi connectivity index (χ1n) is 6.46. The van der Waals surface area contributed by atoms with E-state index in [-0.39, 0.29) is 19.1 Å². The van der Waals surface area contributed by atoms with Crippen LogP contribution in [-0.2, 0) is 0 Å². The minimum atomic E-state index is -0.183. The molecule has 1 amide bonds. The molecule has 0 saturated carbocycles. The van der Waals surface area contributed by atoms with Crippen LogP contribution in [0.2, 0.25) is 4.34 Å². The maximum atomic E-state index is 11.7. The summed E-state index contributed by atoms with van der Waals surface area (Å²) in [6.45, 7) is 0.477. The molecule has 1 N–H and O–H groups in total. The summed E-state index contributed by atoms with van der Waals surface area (Å²) in [6, 6.07) is 10.7. The Hall–Kier alpha value is -2.16. The third kappa shape index (κ3) is 4.69. The Kier molecular flexibility index (Phi) is 6.13. The lowest BCUT2D eigenvalue weighted by Gasteiger charge is -2.07. The van der Waals surface area contributed by atoms with Crippen molar-refractivity contribution in [3.8, 4) is 23.3 Å². The van der Waals surface area contributed by atoms with Crippen LogP contribution in [0.3, 0.4) is 0 Å². The summed E-state index contributed by atoms with van der Waals surface area (Å²) in [7, 11) is 1.58. The molecule has 6 heteroatoms. The standard InChI is InChI=1S/C16H14ClNO3S/c1-20-12-6-2-3-7-13(12)21-11-5-4-10-18-16(19)14-8-9-15(17)22-14/h2-3,6-9H,10-11H2,1H3,(H,18,19). The van der Waals surface area contributed by atoms with Crippen LogP contribution in [0.15, 0.2) is 36.4 Å². The zero-order chi connectivity index (χ0) is 15.8. The van der Waals surface area contributed by atoms with Gasteiger partial charge in [-0.1, -0.05) is 35.6 Å². The first-order chi connectivity index (χ1) is 10.7. The van der Waals surface area contributed by atoms with Crippen molar-refractivity contribution in [2.24, 2.45) is 0 Å². The summed E-state index contributed by atoms with van der Waals surface area (Å²) in [5.41, 5.74) is 0. The zero-order valence-corrected chi connectivity index (χ0v) is 13.5. The monoisotopic (exact) mass is 335 g/mol. The fraction of sp³-hybridized carbons (Fsp3) is 0.188. The number of benzene rings is 1. The van der Waals surface area contributed by atoms with Gasteiger partial charge in [0.25, 0.3) is 5.91 Å². The van der Waals surface area contributed by atoms with Gasteiger partial charge in [0.2, 0.25) is 0 Å². The molecule has 114 valence electrons. The average Bonchev–Trinajstić information content (AvgIpc) is 2.97. The van der Waals surface area contributed by atoms with E-state index in [2.05, 4.69) is 17.2 Å². The van der Waals surface area contributed by atoms with Crippen LogP contribution in [0.25, 0.3) is 0 Å². The van der Waals surface area contributed by atoms with E-state index < -0.39 is 0 Å². The Bertz CT molecular complexity index is 703. The Labute approximate surface area is 138 Å². The van der Waals surface area contributed by atoms with Gasteiger partial charge in [0.15, 0.2) is 11.5 Å². The summed E-state index contributed by atoms with van der Waals surface area (Å²) in [6.07, 6.45) is 0. The lowest BCUT2D eigenvalue weighted by molar-refractivity contribution is 0.0962. The number of methoxy groups -OCH3 is 1. The SMILES string of the molecule is COc1ccccc1OCC#CCNC(=O)c1ccc(Cl)s1. The van der Waals surface area contributed by atoms with Gasteiger partial charge in [-0.25, -0.2) is 0 Å². The van der Waals surface area contributed by atoms with E-state index in [4.69, 9.17) is 21.1 Å². The van der Waals surface area contributed by atoms with E-state index in [0.29, 0.717) is 20.7 Å². The Morgan fingerprint density at radius 1 is 1.23 bits per heavy atom. The van der Waals surface area contributed by atoms with Gasteiger partial charge < -0.3 is 14.8 Å². The largest absolute Gasteiger partial charge is 0.493 e. The van der Waals surface area contributed by atoms with Crippen molar-refractivity contribution in [1.82, 2.24) is 5.32 Å². The quantitative estimate of drug-likeness (QED) is 0.853. The number of halogens is 1. The second-order valence-corrected chi connectivity index (χ2v) is 5.79. The van der Waals surface area contributed by atoms with Gasteiger partial charge in [-0.3, -0.25) is 4.79 Å². The maximum absolute atomic E-state index is 11.7. The maximum Gasteiger partial charge on any atom is 0.262 e. The van der Waals surface area contributed by atoms with E-state index in [1.165, 1.54) is 11.3 Å². The fourth-order valence-corrected chi connectivity index (χ4v) is 2.57. The lowest BCUT2D eigenvalue weighted by atomic mass is 10.3. The molecule has 0 unspecified atom stereocenters. The number of rotatable bonds is 5. The molecular weight excluding hydrogens is 322 g/mol. The van der Waals surface area contributed by atoms with Crippen molar-refractivity contribution in [3.05, 3.63) is 45.6 Å². The van der Waals surface area contributed by atoms with E-state index >= 15 is 0 Å². The minimum absolute atomic E-state index is 0.183. The number of carbonyl (C=O) groups excluding carboxylic acids is 1. The van der Waals surface area contributed by atoms with Crippen molar-refractivity contribution in [2.75, 3.05) is 20.3 Å². The highest BCUT2D eigenvalue weighted by molar-refractivity contribution is 7.17. The van der Waals surface area contributed by atoms with Crippen molar-refractivity contribution < 1.29 is 14.3 Å². The molecule has 0 radical (unpaired) electrons. The smallest absolute Gasteiger partial charge is 0.262 e. The van der Waals surface area contributed by atoms with Gasteiger partial charge >= 0.3 is 0 Å². The highest BCUT2D eigenvalue weighted by Gasteiger charge is 2.06. The van der Waals surface area contributed by atoms with Crippen LogP contribution in [0.5, 0.6) is 11.5 Å². The van der Waals surface area contributed by atoms with E-state index in [1.807, 2.05) is 24.3 Å². The number of amides is 1. The number of ether oxygens (including phenoxy) is 2. The molecule has 0 fully saturated rings. The van der Waals surface area contributed by atoms with Gasteiger partial charge in [-0.2, -0.15) is 0 Å². The molecule has 0 aliphatic heterocycles. The van der Waals surface area contributed by atoms with E-state index in [1.54, 1.807) is 19.2 Å². The molecule has 0 aliphatic rings. The van der Waals surface area contributed by atoms with Crippen molar-refractivity contribution in [3.63, 3.8) is 0 Å². The summed E-state index contributed by atoms with van der Waals surface area (Å²) in [5, 5.41) is 2.69. The number of carbonyl (C=O) groups is 1. The van der Waals surface area contributed by atoms with Crippen molar-refractivity contribution in [2.45, 2.75) is 0 Å². The van der Waals surface area contributed by atoms with Crippen LogP contribution in [0.4, 0.5) is 0 Å². The molecule has 1 aromatic carbocycles. The summed E-state index contributed by atoms with van der Waals surface area (Å²) in [5.74, 6) is 6.77.